The van der Waals surface area contributed by atoms with Crippen molar-refractivity contribution in [2.45, 2.75) is 11.8 Å². The zero-order valence-corrected chi connectivity index (χ0v) is 14.0. The van der Waals surface area contributed by atoms with E-state index in [1.807, 2.05) is 0 Å². The Morgan fingerprint density at radius 1 is 1.30 bits per heavy atom. The molecule has 1 heterocycles. The van der Waals surface area contributed by atoms with Crippen molar-refractivity contribution in [1.82, 2.24) is 4.98 Å². The summed E-state index contributed by atoms with van der Waals surface area (Å²) in [5.41, 5.74) is 1.50. The van der Waals surface area contributed by atoms with Crippen LogP contribution in [0.1, 0.15) is 5.69 Å². The Kier molecular flexibility index (Phi) is 4.91. The van der Waals surface area contributed by atoms with E-state index in [2.05, 4.69) is 4.98 Å². The van der Waals surface area contributed by atoms with Crippen molar-refractivity contribution in [2.75, 3.05) is 12.9 Å². The summed E-state index contributed by atoms with van der Waals surface area (Å²) < 4.78 is 28.4. The molecule has 0 saturated carbocycles. The predicted octanol–water partition coefficient (Wildman–Crippen LogP) is 2.58. The van der Waals surface area contributed by atoms with Gasteiger partial charge in [-0.25, -0.2) is 18.2 Å². The van der Waals surface area contributed by atoms with Gasteiger partial charge < -0.3 is 9.84 Å². The highest BCUT2D eigenvalue weighted by molar-refractivity contribution is 7.90. The molecule has 0 unspecified atom stereocenters. The number of carboxylic acids is 1. The molecule has 0 atom stereocenters. The molecule has 0 saturated heterocycles. The molecule has 1 N–H and O–H groups in total. The maximum Gasteiger partial charge on any atom is 0.341 e. The Balaban J connectivity index is 2.53. The number of pyridine rings is 1. The molecule has 2 rings (SSSR count). The lowest BCUT2D eigenvalue weighted by molar-refractivity contribution is -0.139. The lowest BCUT2D eigenvalue weighted by Gasteiger charge is -2.12. The van der Waals surface area contributed by atoms with Crippen LogP contribution in [-0.2, 0) is 14.6 Å². The summed E-state index contributed by atoms with van der Waals surface area (Å²) in [4.78, 5) is 15.1. The average molecular weight is 356 g/mol. The summed E-state index contributed by atoms with van der Waals surface area (Å²) in [5.74, 6) is -0.859. The molecule has 0 aliphatic heterocycles. The van der Waals surface area contributed by atoms with Crippen molar-refractivity contribution in [3.8, 4) is 17.0 Å². The van der Waals surface area contributed by atoms with Crippen LogP contribution in [0.5, 0.6) is 5.75 Å². The van der Waals surface area contributed by atoms with Crippen molar-refractivity contribution >= 4 is 27.4 Å². The van der Waals surface area contributed by atoms with Gasteiger partial charge in [-0.15, -0.1) is 0 Å². The number of aliphatic carboxylic acids is 1. The monoisotopic (exact) mass is 355 g/mol. The molecule has 1 aromatic heterocycles. The van der Waals surface area contributed by atoms with E-state index in [1.54, 1.807) is 19.1 Å². The molecule has 1 aromatic carbocycles. The molecule has 8 heteroatoms. The second kappa shape index (κ2) is 6.55. The first-order chi connectivity index (χ1) is 10.7. The Bertz CT molecular complexity index is 864. The summed E-state index contributed by atoms with van der Waals surface area (Å²) in [6.07, 6.45) is 1.09. The number of sulfone groups is 1. The van der Waals surface area contributed by atoms with E-state index in [-0.39, 0.29) is 15.7 Å². The van der Waals surface area contributed by atoms with E-state index < -0.39 is 22.4 Å². The van der Waals surface area contributed by atoms with Gasteiger partial charge in [-0.05, 0) is 37.3 Å². The van der Waals surface area contributed by atoms with E-state index in [0.717, 1.165) is 6.26 Å². The lowest BCUT2D eigenvalue weighted by atomic mass is 10.1. The molecule has 23 heavy (non-hydrogen) atoms. The third-order valence-electron chi connectivity index (χ3n) is 2.97. The summed E-state index contributed by atoms with van der Waals surface area (Å²) in [7, 11) is -3.38. The number of benzene rings is 1. The van der Waals surface area contributed by atoms with Gasteiger partial charge in [0.05, 0.1) is 9.92 Å². The number of carboxylic acid groups (broad SMARTS) is 1. The minimum atomic E-state index is -3.38. The number of ether oxygens (including phenoxy) is 1. The van der Waals surface area contributed by atoms with Crippen molar-refractivity contribution in [3.05, 3.63) is 41.0 Å². The third kappa shape index (κ3) is 4.20. The number of halogens is 1. The predicted molar refractivity (Wildman–Crippen MR) is 85.7 cm³/mol. The summed E-state index contributed by atoms with van der Waals surface area (Å²) in [6, 6.07) is 7.55. The van der Waals surface area contributed by atoms with Gasteiger partial charge in [0, 0.05) is 17.5 Å². The van der Waals surface area contributed by atoms with Crippen LogP contribution in [-0.4, -0.2) is 37.3 Å². The molecular weight excluding hydrogens is 342 g/mol. The van der Waals surface area contributed by atoms with Crippen molar-refractivity contribution in [2.24, 2.45) is 0 Å². The molecule has 0 amide bonds. The fraction of sp³-hybridized carbons (Fsp3) is 0.200. The van der Waals surface area contributed by atoms with Crippen molar-refractivity contribution < 1.29 is 23.1 Å². The molecule has 0 spiro atoms. The molecule has 0 bridgehead atoms. The molecule has 0 aliphatic rings. The summed E-state index contributed by atoms with van der Waals surface area (Å²) in [5, 5.41) is 8.92. The number of carbonyl (C=O) groups is 1. The van der Waals surface area contributed by atoms with Gasteiger partial charge in [0.2, 0.25) is 0 Å². The fourth-order valence-electron chi connectivity index (χ4n) is 1.91. The minimum Gasteiger partial charge on any atom is -0.480 e. The van der Waals surface area contributed by atoms with Crippen LogP contribution < -0.4 is 4.74 Å². The van der Waals surface area contributed by atoms with Crippen LogP contribution in [0.2, 0.25) is 5.02 Å². The molecular formula is C15H14ClNO5S. The standard InChI is InChI=1S/C15H14ClNO5S/c1-9-3-6-13(22-8-14(18)19)15(17-9)11-5-4-10(7-12(11)16)23(2,20)21/h3-7H,8H2,1-2H3,(H,18,19). The number of aryl methyl sites for hydroxylation is 1. The highest BCUT2D eigenvalue weighted by Crippen LogP contribution is 2.34. The number of hydrogen-bond acceptors (Lipinski definition) is 5. The zero-order valence-electron chi connectivity index (χ0n) is 12.4. The van der Waals surface area contributed by atoms with Gasteiger partial charge in [-0.3, -0.25) is 0 Å². The van der Waals surface area contributed by atoms with Crippen LogP contribution in [0.25, 0.3) is 11.3 Å². The maximum absolute atomic E-state index is 11.6. The van der Waals surface area contributed by atoms with Crippen LogP contribution in [0.15, 0.2) is 35.2 Å². The van der Waals surface area contributed by atoms with Gasteiger partial charge in [0.15, 0.2) is 16.4 Å². The van der Waals surface area contributed by atoms with Gasteiger partial charge in [-0.2, -0.15) is 0 Å². The first-order valence-corrected chi connectivity index (χ1v) is 8.77. The molecule has 0 aliphatic carbocycles. The Morgan fingerprint density at radius 3 is 2.57 bits per heavy atom. The van der Waals surface area contributed by atoms with Gasteiger partial charge >= 0.3 is 5.97 Å². The second-order valence-electron chi connectivity index (χ2n) is 4.90. The van der Waals surface area contributed by atoms with E-state index in [4.69, 9.17) is 21.4 Å². The molecule has 122 valence electrons. The average Bonchev–Trinajstić information content (AvgIpc) is 2.44. The Hall–Kier alpha value is -2.12. The first-order valence-electron chi connectivity index (χ1n) is 6.50. The smallest absolute Gasteiger partial charge is 0.341 e. The van der Waals surface area contributed by atoms with Crippen molar-refractivity contribution in [3.63, 3.8) is 0 Å². The van der Waals surface area contributed by atoms with E-state index in [1.165, 1.54) is 18.2 Å². The normalized spacial score (nSPS) is 11.3. The number of hydrogen-bond donors (Lipinski definition) is 1. The van der Waals surface area contributed by atoms with E-state index in [0.29, 0.717) is 17.0 Å². The molecule has 6 nitrogen and oxygen atoms in total. The fourth-order valence-corrected chi connectivity index (χ4v) is 2.89. The summed E-state index contributed by atoms with van der Waals surface area (Å²) >= 11 is 6.18. The highest BCUT2D eigenvalue weighted by Gasteiger charge is 2.16. The largest absolute Gasteiger partial charge is 0.480 e. The number of nitrogens with zero attached hydrogens (tertiary/aromatic N) is 1. The van der Waals surface area contributed by atoms with Crippen LogP contribution in [0, 0.1) is 6.92 Å². The molecule has 0 radical (unpaired) electrons. The minimum absolute atomic E-state index is 0.0897. The Morgan fingerprint density at radius 2 is 2.00 bits per heavy atom. The number of aromatic nitrogens is 1. The van der Waals surface area contributed by atoms with Gasteiger partial charge in [0.1, 0.15) is 11.4 Å². The van der Waals surface area contributed by atoms with Crippen molar-refractivity contribution in [1.29, 1.82) is 0 Å². The SMILES string of the molecule is Cc1ccc(OCC(=O)O)c(-c2ccc(S(C)(=O)=O)cc2Cl)n1. The molecule has 0 fully saturated rings. The third-order valence-corrected chi connectivity index (χ3v) is 4.40. The van der Waals surface area contributed by atoms with E-state index in [9.17, 15) is 13.2 Å². The van der Waals surface area contributed by atoms with Crippen LogP contribution >= 0.6 is 11.6 Å². The lowest BCUT2D eigenvalue weighted by Crippen LogP contribution is -2.10. The molecule has 2 aromatic rings. The number of rotatable bonds is 5. The Labute approximate surface area is 138 Å². The topological polar surface area (TPSA) is 93.6 Å². The van der Waals surface area contributed by atoms with E-state index >= 15 is 0 Å². The highest BCUT2D eigenvalue weighted by atomic mass is 35.5. The summed E-state index contributed by atoms with van der Waals surface area (Å²) in [6.45, 7) is 1.25. The second-order valence-corrected chi connectivity index (χ2v) is 7.32. The van der Waals surface area contributed by atoms with Crippen LogP contribution in [0.3, 0.4) is 0 Å². The maximum atomic E-state index is 11.6. The van der Waals surface area contributed by atoms with Gasteiger partial charge in [-0.1, -0.05) is 11.6 Å². The van der Waals surface area contributed by atoms with Crippen LogP contribution in [0.4, 0.5) is 0 Å². The quantitative estimate of drug-likeness (QED) is 0.885. The zero-order chi connectivity index (χ0) is 17.2. The van der Waals surface area contributed by atoms with Gasteiger partial charge in [0.25, 0.3) is 0 Å². The first kappa shape index (κ1) is 17.2.